The first-order chi connectivity index (χ1) is 22.6. The van der Waals surface area contributed by atoms with E-state index in [9.17, 15) is 27.6 Å². The maximum absolute atomic E-state index is 13.0. The van der Waals surface area contributed by atoms with Crippen molar-refractivity contribution >= 4 is 45.5 Å². The normalized spacial score (nSPS) is 11.7. The molecule has 0 aliphatic carbocycles. The largest absolute Gasteiger partial charge is 0.466 e. The predicted octanol–water partition coefficient (Wildman–Crippen LogP) is 4.32. The van der Waals surface area contributed by atoms with Gasteiger partial charge in [0.2, 0.25) is 11.8 Å². The van der Waals surface area contributed by atoms with E-state index in [-0.39, 0.29) is 43.2 Å². The highest BCUT2D eigenvalue weighted by atomic mass is 19.4. The monoisotopic (exact) mass is 661 g/mol. The molecule has 0 aliphatic heterocycles. The first-order valence-corrected chi connectivity index (χ1v) is 15.3. The summed E-state index contributed by atoms with van der Waals surface area (Å²) in [6.45, 7) is 3.61. The van der Waals surface area contributed by atoms with Gasteiger partial charge in [0.25, 0.3) is 0 Å². The Hall–Kier alpha value is -4.57. The van der Waals surface area contributed by atoms with Gasteiger partial charge in [-0.05, 0) is 50.1 Å². The fourth-order valence-corrected chi connectivity index (χ4v) is 4.78. The fraction of sp³-hybridized carbons (Fsp3) is 0.484. The third-order valence-corrected chi connectivity index (χ3v) is 6.99. The van der Waals surface area contributed by atoms with E-state index in [0.29, 0.717) is 79.8 Å². The van der Waals surface area contributed by atoms with Crippen LogP contribution in [0.5, 0.6) is 0 Å². The summed E-state index contributed by atoms with van der Waals surface area (Å²) in [7, 11) is 1.63. The Kier molecular flexibility index (Phi) is 12.6. The standard InChI is InChI=1S/C31H38F3N7O6/c1-3-47-28(44)8-6-4-5-7-26(42)35-14-16-46-18-17-45-15-13-27(43)37-22-10-11-24-23(19-22)29-30(39-40(2)38-29)41(24)25-12-9-21(20-36-25)31(32,33)34/h9-12,19-20H,3-8,13-18H2,1-2H3,(H,35,42)(H,37,43). The van der Waals surface area contributed by atoms with Gasteiger partial charge in [-0.2, -0.15) is 23.1 Å². The van der Waals surface area contributed by atoms with E-state index >= 15 is 0 Å². The minimum absolute atomic E-state index is 0.0685. The van der Waals surface area contributed by atoms with Gasteiger partial charge in [-0.25, -0.2) is 4.98 Å². The van der Waals surface area contributed by atoms with Crippen LogP contribution in [-0.2, 0) is 41.8 Å². The van der Waals surface area contributed by atoms with Crippen LogP contribution in [0.15, 0.2) is 36.5 Å². The summed E-state index contributed by atoms with van der Waals surface area (Å²) in [4.78, 5) is 41.1. The fourth-order valence-electron chi connectivity index (χ4n) is 4.78. The summed E-state index contributed by atoms with van der Waals surface area (Å²) < 4.78 is 56.6. The number of aryl methyl sites for hydroxylation is 1. The van der Waals surface area contributed by atoms with Crippen LogP contribution < -0.4 is 10.6 Å². The number of alkyl halides is 3. The van der Waals surface area contributed by atoms with Crippen LogP contribution in [0.4, 0.5) is 18.9 Å². The smallest absolute Gasteiger partial charge is 0.417 e. The number of carbonyl (C=O) groups is 3. The molecule has 0 bridgehead atoms. The van der Waals surface area contributed by atoms with Crippen molar-refractivity contribution in [1.29, 1.82) is 0 Å². The molecule has 1 aromatic carbocycles. The molecular formula is C31H38F3N7O6. The number of aromatic nitrogens is 5. The number of halogens is 3. The van der Waals surface area contributed by atoms with Gasteiger partial charge >= 0.3 is 12.1 Å². The first-order valence-electron chi connectivity index (χ1n) is 15.3. The second-order valence-corrected chi connectivity index (χ2v) is 10.6. The number of unbranched alkanes of at least 4 members (excludes halogenated alkanes) is 2. The van der Waals surface area contributed by atoms with Crippen LogP contribution in [0.2, 0.25) is 0 Å². The molecule has 0 atom stereocenters. The zero-order valence-corrected chi connectivity index (χ0v) is 26.3. The summed E-state index contributed by atoms with van der Waals surface area (Å²) >= 11 is 0. The van der Waals surface area contributed by atoms with Gasteiger partial charge in [-0.1, -0.05) is 6.42 Å². The van der Waals surface area contributed by atoms with Crippen molar-refractivity contribution in [3.8, 4) is 5.82 Å². The number of benzene rings is 1. The van der Waals surface area contributed by atoms with E-state index in [1.165, 1.54) is 10.9 Å². The van der Waals surface area contributed by atoms with Crippen molar-refractivity contribution in [2.24, 2.45) is 7.05 Å². The van der Waals surface area contributed by atoms with E-state index in [1.807, 2.05) is 0 Å². The molecule has 2 N–H and O–H groups in total. The number of fused-ring (bicyclic) bond motifs is 3. The molecule has 0 radical (unpaired) electrons. The Morgan fingerprint density at radius 3 is 2.38 bits per heavy atom. The van der Waals surface area contributed by atoms with E-state index in [2.05, 4.69) is 25.8 Å². The summed E-state index contributed by atoms with van der Waals surface area (Å²) in [5.74, 6) is -0.304. The molecule has 16 heteroatoms. The van der Waals surface area contributed by atoms with Crippen LogP contribution in [0.25, 0.3) is 27.9 Å². The van der Waals surface area contributed by atoms with Crippen molar-refractivity contribution < 1.29 is 41.8 Å². The Balaban J connectivity index is 1.15. The Labute approximate surface area is 268 Å². The second kappa shape index (κ2) is 16.8. The highest BCUT2D eigenvalue weighted by Gasteiger charge is 2.31. The maximum Gasteiger partial charge on any atom is 0.417 e. The number of nitrogens with one attached hydrogen (secondary N) is 2. The molecule has 0 spiro atoms. The number of hydrogen-bond acceptors (Lipinski definition) is 9. The molecule has 0 fully saturated rings. The van der Waals surface area contributed by atoms with Gasteiger partial charge in [-0.15, -0.1) is 5.10 Å². The average Bonchev–Trinajstić information content (AvgIpc) is 3.54. The lowest BCUT2D eigenvalue weighted by atomic mass is 10.1. The molecular weight excluding hydrogens is 623 g/mol. The molecule has 0 aliphatic rings. The molecule has 3 heterocycles. The van der Waals surface area contributed by atoms with E-state index in [0.717, 1.165) is 18.7 Å². The zero-order chi connectivity index (χ0) is 33.8. The van der Waals surface area contributed by atoms with E-state index in [4.69, 9.17) is 14.2 Å². The molecule has 0 saturated heterocycles. The third kappa shape index (κ3) is 10.2. The van der Waals surface area contributed by atoms with Crippen LogP contribution in [-0.4, -0.2) is 81.9 Å². The average molecular weight is 662 g/mol. The van der Waals surface area contributed by atoms with Gasteiger partial charge < -0.3 is 24.8 Å². The SMILES string of the molecule is CCOC(=O)CCCCCC(=O)NCCOCCOCCC(=O)Nc1ccc2c(c1)c1nn(C)nc1n2-c1ccc(C(F)(F)F)cn1. The Morgan fingerprint density at radius 2 is 1.66 bits per heavy atom. The number of pyridine rings is 1. The summed E-state index contributed by atoms with van der Waals surface area (Å²) in [6, 6.07) is 7.36. The number of ether oxygens (including phenoxy) is 3. The highest BCUT2D eigenvalue weighted by molar-refractivity contribution is 6.07. The predicted molar refractivity (Wildman–Crippen MR) is 166 cm³/mol. The Morgan fingerprint density at radius 1 is 0.894 bits per heavy atom. The van der Waals surface area contributed by atoms with Crippen molar-refractivity contribution in [1.82, 2.24) is 29.9 Å². The molecule has 13 nitrogen and oxygen atoms in total. The van der Waals surface area contributed by atoms with Gasteiger partial charge in [0.05, 0.1) is 50.5 Å². The van der Waals surface area contributed by atoms with Crippen molar-refractivity contribution in [2.75, 3.05) is 44.9 Å². The molecule has 4 rings (SSSR count). The lowest BCUT2D eigenvalue weighted by Gasteiger charge is -2.10. The number of amides is 2. The summed E-state index contributed by atoms with van der Waals surface area (Å²) in [5, 5.41) is 15.0. The molecule has 47 heavy (non-hydrogen) atoms. The second-order valence-electron chi connectivity index (χ2n) is 10.6. The van der Waals surface area contributed by atoms with Crippen molar-refractivity contribution in [2.45, 2.75) is 51.6 Å². The van der Waals surface area contributed by atoms with Gasteiger partial charge in [0.15, 0.2) is 5.65 Å². The number of nitrogens with zero attached hydrogens (tertiary/aromatic N) is 5. The number of carbonyl (C=O) groups excluding carboxylic acids is 3. The topological polar surface area (TPSA) is 151 Å². The number of rotatable bonds is 18. The van der Waals surface area contributed by atoms with Crippen LogP contribution >= 0.6 is 0 Å². The molecule has 254 valence electrons. The first kappa shape index (κ1) is 35.3. The van der Waals surface area contributed by atoms with E-state index in [1.54, 1.807) is 36.7 Å². The molecule has 2 amide bonds. The number of esters is 1. The van der Waals surface area contributed by atoms with Gasteiger partial charge in [0, 0.05) is 43.7 Å². The van der Waals surface area contributed by atoms with Crippen molar-refractivity contribution in [3.05, 3.63) is 42.1 Å². The van der Waals surface area contributed by atoms with Crippen LogP contribution in [0.1, 0.15) is 51.0 Å². The minimum Gasteiger partial charge on any atom is -0.466 e. The lowest BCUT2D eigenvalue weighted by molar-refractivity contribution is -0.143. The highest BCUT2D eigenvalue weighted by Crippen LogP contribution is 2.33. The molecule has 0 saturated carbocycles. The summed E-state index contributed by atoms with van der Waals surface area (Å²) in [5.41, 5.74) is 1.19. The van der Waals surface area contributed by atoms with Gasteiger partial charge in [-0.3, -0.25) is 19.0 Å². The summed E-state index contributed by atoms with van der Waals surface area (Å²) in [6.07, 6.45) is -0.698. The zero-order valence-electron chi connectivity index (χ0n) is 26.3. The number of hydrogen-bond donors (Lipinski definition) is 2. The van der Waals surface area contributed by atoms with Crippen molar-refractivity contribution in [3.63, 3.8) is 0 Å². The maximum atomic E-state index is 13.0. The quantitative estimate of drug-likeness (QED) is 0.117. The minimum atomic E-state index is -4.51. The molecule has 3 aromatic heterocycles. The van der Waals surface area contributed by atoms with Gasteiger partial charge in [0.1, 0.15) is 11.3 Å². The van der Waals surface area contributed by atoms with Crippen LogP contribution in [0, 0.1) is 0 Å². The van der Waals surface area contributed by atoms with E-state index < -0.39 is 11.7 Å². The third-order valence-electron chi connectivity index (χ3n) is 6.99. The Bertz CT molecular complexity index is 1650. The molecule has 0 unspecified atom stereocenters. The molecule has 4 aromatic rings. The van der Waals surface area contributed by atoms with Crippen LogP contribution in [0.3, 0.4) is 0 Å². The number of anilines is 1. The lowest BCUT2D eigenvalue weighted by Crippen LogP contribution is -2.27.